The van der Waals surface area contributed by atoms with Gasteiger partial charge in [0.15, 0.2) is 0 Å². The van der Waals surface area contributed by atoms with Crippen molar-refractivity contribution >= 4 is 6.09 Å². The second-order valence-corrected chi connectivity index (χ2v) is 5.59. The molecule has 0 saturated heterocycles. The highest BCUT2D eigenvalue weighted by Gasteiger charge is 2.28. The Kier molecular flexibility index (Phi) is 5.47. The van der Waals surface area contributed by atoms with Crippen molar-refractivity contribution in [3.05, 3.63) is 29.6 Å². The number of nitrogens with zero attached hydrogens (tertiary/aromatic N) is 2. The van der Waals surface area contributed by atoms with Gasteiger partial charge in [0, 0.05) is 18.5 Å². The summed E-state index contributed by atoms with van der Waals surface area (Å²) < 4.78 is 5.11. The number of aromatic nitrogens is 1. The van der Waals surface area contributed by atoms with Crippen LogP contribution in [0.25, 0.3) is 0 Å². The predicted octanol–water partition coefficient (Wildman–Crippen LogP) is 2.44. The summed E-state index contributed by atoms with van der Waals surface area (Å²) >= 11 is 0. The maximum Gasteiger partial charge on any atom is 0.434 e. The van der Waals surface area contributed by atoms with Crippen LogP contribution in [0.15, 0.2) is 18.3 Å². The van der Waals surface area contributed by atoms with Crippen LogP contribution in [0.1, 0.15) is 44.5 Å². The summed E-state index contributed by atoms with van der Waals surface area (Å²) in [6.45, 7) is 6.82. The third-order valence-electron chi connectivity index (χ3n) is 2.60. The second-order valence-electron chi connectivity index (χ2n) is 5.59. The molecule has 1 heterocycles. The minimum atomic E-state index is -0.850. The molecule has 0 unspecified atom stereocenters. The van der Waals surface area contributed by atoms with Crippen molar-refractivity contribution in [2.24, 2.45) is 0 Å². The number of aliphatic hydroxyl groups is 1. The van der Waals surface area contributed by atoms with Gasteiger partial charge in [-0.1, -0.05) is 6.07 Å². The average Bonchev–Trinajstić information content (AvgIpc) is 2.34. The van der Waals surface area contributed by atoms with Crippen molar-refractivity contribution < 1.29 is 19.8 Å². The first kappa shape index (κ1) is 16.4. The summed E-state index contributed by atoms with van der Waals surface area (Å²) in [5.74, 6) is 0. The number of amides is 1. The molecule has 0 fully saturated rings. The molecule has 112 valence electrons. The van der Waals surface area contributed by atoms with Gasteiger partial charge in [0.1, 0.15) is 5.60 Å². The molecule has 0 aliphatic carbocycles. The lowest BCUT2D eigenvalue weighted by Crippen LogP contribution is -2.37. The zero-order chi connectivity index (χ0) is 15.3. The Balaban J connectivity index is 2.90. The molecule has 0 bridgehead atoms. The van der Waals surface area contributed by atoms with Crippen molar-refractivity contribution in [2.45, 2.75) is 45.8 Å². The number of hydroxylamine groups is 2. The molecule has 0 spiro atoms. The van der Waals surface area contributed by atoms with E-state index < -0.39 is 17.7 Å². The molecule has 1 atom stereocenters. The van der Waals surface area contributed by atoms with Crippen LogP contribution in [0, 0.1) is 6.92 Å². The van der Waals surface area contributed by atoms with E-state index >= 15 is 0 Å². The van der Waals surface area contributed by atoms with E-state index in [1.165, 1.54) is 0 Å². The van der Waals surface area contributed by atoms with Gasteiger partial charge < -0.3 is 9.84 Å². The van der Waals surface area contributed by atoms with Gasteiger partial charge in [-0.25, -0.2) is 4.79 Å². The molecular formula is C14H22N2O4. The quantitative estimate of drug-likeness (QED) is 0.654. The smallest absolute Gasteiger partial charge is 0.434 e. The van der Waals surface area contributed by atoms with Gasteiger partial charge in [-0.2, -0.15) is 5.06 Å². The molecule has 0 aliphatic rings. The van der Waals surface area contributed by atoms with Gasteiger partial charge >= 0.3 is 6.09 Å². The van der Waals surface area contributed by atoms with Gasteiger partial charge in [-0.3, -0.25) is 10.2 Å². The predicted molar refractivity (Wildman–Crippen MR) is 73.3 cm³/mol. The third kappa shape index (κ3) is 4.79. The van der Waals surface area contributed by atoms with Crippen LogP contribution < -0.4 is 0 Å². The van der Waals surface area contributed by atoms with E-state index in [9.17, 15) is 10.0 Å². The van der Waals surface area contributed by atoms with Crippen LogP contribution in [0.3, 0.4) is 0 Å². The van der Waals surface area contributed by atoms with Gasteiger partial charge in [0.25, 0.3) is 0 Å². The molecule has 1 rings (SSSR count). The Morgan fingerprint density at radius 2 is 2.10 bits per heavy atom. The molecule has 0 aliphatic heterocycles. The first-order valence-corrected chi connectivity index (χ1v) is 6.49. The second kappa shape index (κ2) is 6.67. The van der Waals surface area contributed by atoms with E-state index in [0.29, 0.717) is 10.6 Å². The monoisotopic (exact) mass is 282 g/mol. The van der Waals surface area contributed by atoms with E-state index in [-0.39, 0.29) is 13.0 Å². The highest BCUT2D eigenvalue weighted by molar-refractivity contribution is 5.67. The standard InChI is InChI=1S/C14H22N2O4/c1-10-5-6-11(9-15-10)12(7-8-17)16(19)13(18)20-14(2,3)4/h5-6,9,12,17,19H,7-8H2,1-4H3/t12-/m0/s1. The fourth-order valence-electron chi connectivity index (χ4n) is 1.66. The lowest BCUT2D eigenvalue weighted by molar-refractivity contribution is -0.125. The van der Waals surface area contributed by atoms with Crippen LogP contribution in [0.2, 0.25) is 0 Å². The van der Waals surface area contributed by atoms with Crippen molar-refractivity contribution in [1.82, 2.24) is 10.0 Å². The van der Waals surface area contributed by atoms with Gasteiger partial charge in [-0.05, 0) is 45.7 Å². The Hall–Kier alpha value is -1.66. The first-order chi connectivity index (χ1) is 9.24. The minimum absolute atomic E-state index is 0.168. The van der Waals surface area contributed by atoms with Gasteiger partial charge in [0.2, 0.25) is 0 Å². The summed E-state index contributed by atoms with van der Waals surface area (Å²) in [7, 11) is 0. The topological polar surface area (TPSA) is 82.9 Å². The number of hydrogen-bond donors (Lipinski definition) is 2. The molecule has 0 radical (unpaired) electrons. The summed E-state index contributed by atoms with van der Waals surface area (Å²) in [6, 6.07) is 2.85. The third-order valence-corrected chi connectivity index (χ3v) is 2.60. The molecule has 1 aromatic rings. The number of pyridine rings is 1. The fourth-order valence-corrected chi connectivity index (χ4v) is 1.66. The van der Waals surface area contributed by atoms with Gasteiger partial charge in [0.05, 0.1) is 6.04 Å². The maximum atomic E-state index is 11.9. The molecule has 6 heteroatoms. The average molecular weight is 282 g/mol. The van der Waals surface area contributed by atoms with Crippen LogP contribution in [0.4, 0.5) is 4.79 Å². The minimum Gasteiger partial charge on any atom is -0.442 e. The number of aliphatic hydroxyl groups excluding tert-OH is 1. The molecule has 1 amide bonds. The number of ether oxygens (including phenoxy) is 1. The Labute approximate surface area is 119 Å². The van der Waals surface area contributed by atoms with Crippen molar-refractivity contribution in [3.8, 4) is 0 Å². The van der Waals surface area contributed by atoms with E-state index in [0.717, 1.165) is 5.69 Å². The van der Waals surface area contributed by atoms with E-state index in [1.54, 1.807) is 39.1 Å². The number of rotatable bonds is 4. The zero-order valence-corrected chi connectivity index (χ0v) is 12.3. The highest BCUT2D eigenvalue weighted by atomic mass is 16.6. The summed E-state index contributed by atoms with van der Waals surface area (Å²) in [6.07, 6.45) is 0.917. The normalized spacial score (nSPS) is 12.9. The Morgan fingerprint density at radius 3 is 2.55 bits per heavy atom. The van der Waals surface area contributed by atoms with Crippen molar-refractivity contribution in [3.63, 3.8) is 0 Å². The van der Waals surface area contributed by atoms with E-state index in [1.807, 2.05) is 6.92 Å². The number of carbonyl (C=O) groups is 1. The number of aryl methyl sites for hydroxylation is 1. The van der Waals surface area contributed by atoms with Crippen LogP contribution >= 0.6 is 0 Å². The highest BCUT2D eigenvalue weighted by Crippen LogP contribution is 2.24. The van der Waals surface area contributed by atoms with Crippen LogP contribution in [-0.4, -0.2) is 38.7 Å². The van der Waals surface area contributed by atoms with Crippen molar-refractivity contribution in [2.75, 3.05) is 6.61 Å². The SMILES string of the molecule is Cc1ccc([C@H](CCO)N(O)C(=O)OC(C)(C)C)cn1. The lowest BCUT2D eigenvalue weighted by atomic mass is 10.1. The molecular weight excluding hydrogens is 260 g/mol. The van der Waals surface area contributed by atoms with E-state index in [2.05, 4.69) is 4.98 Å². The van der Waals surface area contributed by atoms with Crippen LogP contribution in [0.5, 0.6) is 0 Å². The summed E-state index contributed by atoms with van der Waals surface area (Å²) in [5.41, 5.74) is 0.768. The largest absolute Gasteiger partial charge is 0.442 e. The first-order valence-electron chi connectivity index (χ1n) is 6.49. The molecule has 2 N–H and O–H groups in total. The summed E-state index contributed by atoms with van der Waals surface area (Å²) in [4.78, 5) is 16.0. The number of carbonyl (C=O) groups excluding carboxylic acids is 1. The number of hydrogen-bond acceptors (Lipinski definition) is 5. The van der Waals surface area contributed by atoms with E-state index in [4.69, 9.17) is 9.84 Å². The summed E-state index contributed by atoms with van der Waals surface area (Å²) in [5, 5.41) is 19.6. The van der Waals surface area contributed by atoms with Crippen molar-refractivity contribution in [1.29, 1.82) is 0 Å². The maximum absolute atomic E-state index is 11.9. The fraction of sp³-hybridized carbons (Fsp3) is 0.571. The Bertz CT molecular complexity index is 439. The van der Waals surface area contributed by atoms with Crippen LogP contribution in [-0.2, 0) is 4.74 Å². The molecule has 20 heavy (non-hydrogen) atoms. The molecule has 0 aromatic carbocycles. The molecule has 0 saturated carbocycles. The molecule has 1 aromatic heterocycles. The van der Waals surface area contributed by atoms with Gasteiger partial charge in [-0.15, -0.1) is 0 Å². The molecule has 6 nitrogen and oxygen atoms in total. The Morgan fingerprint density at radius 1 is 1.45 bits per heavy atom. The lowest BCUT2D eigenvalue weighted by Gasteiger charge is -2.28. The zero-order valence-electron chi connectivity index (χ0n) is 12.3.